The van der Waals surface area contributed by atoms with E-state index < -0.39 is 10.0 Å². The van der Waals surface area contributed by atoms with Gasteiger partial charge in [0.25, 0.3) is 15.9 Å². The minimum atomic E-state index is -3.65. The molecule has 0 spiro atoms. The zero-order valence-electron chi connectivity index (χ0n) is 14.3. The van der Waals surface area contributed by atoms with Crippen molar-refractivity contribution in [2.24, 2.45) is 0 Å². The molecule has 0 saturated carbocycles. The van der Waals surface area contributed by atoms with Crippen LogP contribution >= 0.6 is 0 Å². The van der Waals surface area contributed by atoms with Gasteiger partial charge in [0.2, 0.25) is 0 Å². The van der Waals surface area contributed by atoms with Crippen LogP contribution < -0.4 is 10.0 Å². The van der Waals surface area contributed by atoms with E-state index in [1.165, 1.54) is 12.1 Å². The summed E-state index contributed by atoms with van der Waals surface area (Å²) in [5.74, 6) is -0.198. The van der Waals surface area contributed by atoms with Gasteiger partial charge in [-0.1, -0.05) is 18.2 Å². The van der Waals surface area contributed by atoms with E-state index in [0.29, 0.717) is 30.0 Å². The molecule has 2 aromatic carbocycles. The van der Waals surface area contributed by atoms with Crippen molar-refractivity contribution in [3.05, 3.63) is 59.7 Å². The molecular formula is C18H22N2O4S. The lowest BCUT2D eigenvalue weighted by molar-refractivity contribution is 0.0948. The highest BCUT2D eigenvalue weighted by Gasteiger charge is 2.15. The first-order valence-corrected chi connectivity index (χ1v) is 9.38. The topological polar surface area (TPSA) is 84.5 Å². The van der Waals surface area contributed by atoms with Crippen LogP contribution in [0.3, 0.4) is 0 Å². The van der Waals surface area contributed by atoms with Gasteiger partial charge in [-0.15, -0.1) is 0 Å². The number of nitrogens with one attached hydrogen (secondary N) is 2. The number of sulfonamides is 1. The summed E-state index contributed by atoms with van der Waals surface area (Å²) in [5, 5.41) is 2.80. The lowest BCUT2D eigenvalue weighted by Crippen LogP contribution is -2.25. The molecule has 134 valence electrons. The molecule has 0 aliphatic heterocycles. The third-order valence-corrected chi connectivity index (χ3v) is 4.98. The number of hydrogen-bond acceptors (Lipinski definition) is 4. The van der Waals surface area contributed by atoms with E-state index in [1.807, 2.05) is 0 Å². The zero-order chi connectivity index (χ0) is 18.3. The fourth-order valence-electron chi connectivity index (χ4n) is 2.24. The van der Waals surface area contributed by atoms with E-state index in [4.69, 9.17) is 4.74 Å². The maximum atomic E-state index is 12.4. The lowest BCUT2D eigenvalue weighted by Gasteiger charge is -2.12. The molecule has 2 rings (SSSR count). The SMILES string of the molecule is COCCCNC(=O)c1ccc(NS(=O)(=O)c2ccccc2)c(C)c1. The highest BCUT2D eigenvalue weighted by atomic mass is 32.2. The standard InChI is InChI=1S/C18H22N2O4S/c1-14-13-15(18(21)19-11-6-12-24-2)9-10-17(14)20-25(22,23)16-7-4-3-5-8-16/h3-5,7-10,13,20H,6,11-12H2,1-2H3,(H,19,21). The summed E-state index contributed by atoms with van der Waals surface area (Å²) < 4.78 is 32.2. The minimum Gasteiger partial charge on any atom is -0.385 e. The normalized spacial score (nSPS) is 11.1. The molecule has 0 bridgehead atoms. The largest absolute Gasteiger partial charge is 0.385 e. The summed E-state index contributed by atoms with van der Waals surface area (Å²) >= 11 is 0. The van der Waals surface area contributed by atoms with Crippen molar-refractivity contribution < 1.29 is 17.9 Å². The summed E-state index contributed by atoms with van der Waals surface area (Å²) in [5.41, 5.74) is 1.60. The van der Waals surface area contributed by atoms with E-state index in [2.05, 4.69) is 10.0 Å². The van der Waals surface area contributed by atoms with Gasteiger partial charge < -0.3 is 10.1 Å². The average molecular weight is 362 g/mol. The number of hydrogen-bond donors (Lipinski definition) is 2. The maximum absolute atomic E-state index is 12.4. The molecule has 6 nitrogen and oxygen atoms in total. The Hall–Kier alpha value is -2.38. The van der Waals surface area contributed by atoms with Crippen LogP contribution in [0.15, 0.2) is 53.4 Å². The van der Waals surface area contributed by atoms with Crippen molar-refractivity contribution in [3.63, 3.8) is 0 Å². The number of rotatable bonds is 8. The third-order valence-electron chi connectivity index (χ3n) is 3.60. The van der Waals surface area contributed by atoms with Crippen LogP contribution in [0.4, 0.5) is 5.69 Å². The molecule has 0 aliphatic carbocycles. The molecule has 2 aromatic rings. The predicted molar refractivity (Wildman–Crippen MR) is 97.3 cm³/mol. The van der Waals surface area contributed by atoms with Gasteiger partial charge in [-0.2, -0.15) is 0 Å². The monoisotopic (exact) mass is 362 g/mol. The summed E-state index contributed by atoms with van der Waals surface area (Å²) in [4.78, 5) is 12.3. The van der Waals surface area contributed by atoms with Gasteiger partial charge in [0, 0.05) is 25.8 Å². The van der Waals surface area contributed by atoms with Crippen LogP contribution in [0.1, 0.15) is 22.3 Å². The van der Waals surface area contributed by atoms with Crippen molar-refractivity contribution in [1.82, 2.24) is 5.32 Å². The van der Waals surface area contributed by atoms with E-state index in [9.17, 15) is 13.2 Å². The van der Waals surface area contributed by atoms with Crippen LogP contribution in [0.25, 0.3) is 0 Å². The first kappa shape index (κ1) is 19.0. The molecule has 2 N–H and O–H groups in total. The summed E-state index contributed by atoms with van der Waals surface area (Å²) in [6.45, 7) is 2.86. The molecule has 1 amide bonds. The summed E-state index contributed by atoms with van der Waals surface area (Å²) in [6, 6.07) is 13.0. The Morgan fingerprint density at radius 2 is 1.84 bits per heavy atom. The van der Waals surface area contributed by atoms with Gasteiger partial charge in [0.15, 0.2) is 0 Å². The quantitative estimate of drug-likeness (QED) is 0.707. The number of carbonyl (C=O) groups excluding carboxylic acids is 1. The Labute approximate surface area is 148 Å². The first-order chi connectivity index (χ1) is 11.9. The lowest BCUT2D eigenvalue weighted by atomic mass is 10.1. The average Bonchev–Trinajstić information content (AvgIpc) is 2.61. The Morgan fingerprint density at radius 3 is 2.48 bits per heavy atom. The Balaban J connectivity index is 2.08. The Morgan fingerprint density at radius 1 is 1.12 bits per heavy atom. The molecular weight excluding hydrogens is 340 g/mol. The van der Waals surface area contributed by atoms with Gasteiger partial charge in [0.1, 0.15) is 0 Å². The zero-order valence-corrected chi connectivity index (χ0v) is 15.1. The van der Waals surface area contributed by atoms with Crippen LogP contribution in [0.2, 0.25) is 0 Å². The minimum absolute atomic E-state index is 0.189. The summed E-state index contributed by atoms with van der Waals surface area (Å²) in [7, 11) is -2.04. The van der Waals surface area contributed by atoms with Crippen LogP contribution in [0.5, 0.6) is 0 Å². The first-order valence-electron chi connectivity index (χ1n) is 7.89. The molecule has 0 atom stereocenters. The number of methoxy groups -OCH3 is 1. The third kappa shape index (κ3) is 5.30. The van der Waals surface area contributed by atoms with Gasteiger partial charge >= 0.3 is 0 Å². The Kier molecular flexibility index (Phi) is 6.55. The molecule has 0 saturated heterocycles. The van der Waals surface area contributed by atoms with Crippen molar-refractivity contribution in [1.29, 1.82) is 0 Å². The Bertz CT molecular complexity index is 820. The van der Waals surface area contributed by atoms with Crippen LogP contribution in [-0.2, 0) is 14.8 Å². The fourth-order valence-corrected chi connectivity index (χ4v) is 3.40. The molecule has 25 heavy (non-hydrogen) atoms. The van der Waals surface area contributed by atoms with Gasteiger partial charge in [0.05, 0.1) is 10.6 Å². The molecule has 7 heteroatoms. The second-order valence-electron chi connectivity index (χ2n) is 5.55. The van der Waals surface area contributed by atoms with E-state index >= 15 is 0 Å². The number of benzene rings is 2. The molecule has 0 aromatic heterocycles. The second-order valence-corrected chi connectivity index (χ2v) is 7.23. The number of ether oxygens (including phenoxy) is 1. The number of anilines is 1. The molecule has 0 unspecified atom stereocenters. The van der Waals surface area contributed by atoms with E-state index in [1.54, 1.807) is 50.4 Å². The number of carbonyl (C=O) groups is 1. The van der Waals surface area contributed by atoms with Crippen molar-refractivity contribution in [3.8, 4) is 0 Å². The van der Waals surface area contributed by atoms with Crippen LogP contribution in [0, 0.1) is 6.92 Å². The second kappa shape index (κ2) is 8.64. The highest BCUT2D eigenvalue weighted by Crippen LogP contribution is 2.21. The van der Waals surface area contributed by atoms with Crippen molar-refractivity contribution in [2.45, 2.75) is 18.2 Å². The number of amides is 1. The fraction of sp³-hybridized carbons (Fsp3) is 0.278. The van der Waals surface area contributed by atoms with Crippen molar-refractivity contribution >= 4 is 21.6 Å². The maximum Gasteiger partial charge on any atom is 0.261 e. The van der Waals surface area contributed by atoms with E-state index in [-0.39, 0.29) is 10.8 Å². The summed E-state index contributed by atoms with van der Waals surface area (Å²) in [6.07, 6.45) is 0.732. The van der Waals surface area contributed by atoms with Gasteiger partial charge in [-0.25, -0.2) is 8.42 Å². The van der Waals surface area contributed by atoms with Crippen LogP contribution in [-0.4, -0.2) is 34.6 Å². The molecule has 0 aliphatic rings. The van der Waals surface area contributed by atoms with Gasteiger partial charge in [-0.3, -0.25) is 9.52 Å². The van der Waals surface area contributed by atoms with Crippen molar-refractivity contribution in [2.75, 3.05) is 25.0 Å². The predicted octanol–water partition coefficient (Wildman–Crippen LogP) is 2.56. The van der Waals surface area contributed by atoms with E-state index in [0.717, 1.165) is 6.42 Å². The van der Waals surface area contributed by atoms with Gasteiger partial charge in [-0.05, 0) is 49.2 Å². The molecule has 0 radical (unpaired) electrons. The molecule has 0 heterocycles. The highest BCUT2D eigenvalue weighted by molar-refractivity contribution is 7.92. The smallest absolute Gasteiger partial charge is 0.261 e. The molecule has 0 fully saturated rings. The number of aryl methyl sites for hydroxylation is 1.